The lowest BCUT2D eigenvalue weighted by Crippen LogP contribution is -2.56. The molecule has 3 aromatic rings. The molecule has 1 atom stereocenters. The van der Waals surface area contributed by atoms with Crippen LogP contribution in [0, 0.1) is 0 Å². The number of rotatable bonds is 11. The summed E-state index contributed by atoms with van der Waals surface area (Å²) in [5, 5.41) is 3.48. The number of carbonyl (C=O) groups is 2. The lowest BCUT2D eigenvalue weighted by molar-refractivity contribution is -0.140. The molecule has 8 nitrogen and oxygen atoms in total. The normalized spacial score (nSPS) is 12.3. The van der Waals surface area contributed by atoms with Gasteiger partial charge in [0.2, 0.25) is 21.8 Å². The third-order valence-corrected chi connectivity index (χ3v) is 7.41. The average Bonchev–Trinajstić information content (AvgIpc) is 2.88. The molecule has 0 radical (unpaired) electrons. The molecule has 0 bridgehead atoms. The number of sulfonamides is 1. The number of methoxy groups -OCH3 is 1. The fraction of sp³-hybridized carbons (Fsp3) is 0.333. The Hall–Kier alpha value is -3.56. The van der Waals surface area contributed by atoms with Gasteiger partial charge in [0.1, 0.15) is 18.3 Å². The zero-order valence-electron chi connectivity index (χ0n) is 23.4. The molecule has 0 aromatic heterocycles. The van der Waals surface area contributed by atoms with Crippen LogP contribution in [0.2, 0.25) is 5.02 Å². The van der Waals surface area contributed by atoms with E-state index in [1.54, 1.807) is 42.5 Å². The number of anilines is 1. The van der Waals surface area contributed by atoms with Crippen molar-refractivity contribution in [1.29, 1.82) is 0 Å². The van der Waals surface area contributed by atoms with Gasteiger partial charge in [-0.2, -0.15) is 0 Å². The molecular weight excluding hydrogens is 550 g/mol. The van der Waals surface area contributed by atoms with E-state index in [1.165, 1.54) is 12.0 Å². The summed E-state index contributed by atoms with van der Waals surface area (Å²) in [6.07, 6.45) is 1.27. The lowest BCUT2D eigenvalue weighted by Gasteiger charge is -2.35. The van der Waals surface area contributed by atoms with E-state index >= 15 is 0 Å². The molecule has 0 fully saturated rings. The molecule has 0 aliphatic heterocycles. The van der Waals surface area contributed by atoms with Crippen molar-refractivity contribution in [3.05, 3.63) is 95.0 Å². The van der Waals surface area contributed by atoms with Crippen molar-refractivity contribution < 1.29 is 22.7 Å². The topological polar surface area (TPSA) is 96.0 Å². The summed E-state index contributed by atoms with van der Waals surface area (Å²) in [6.45, 7) is 5.12. The van der Waals surface area contributed by atoms with Crippen molar-refractivity contribution in [2.75, 3.05) is 24.2 Å². The molecule has 214 valence electrons. The second kappa shape index (κ2) is 13.2. The molecule has 0 aliphatic carbocycles. The highest BCUT2D eigenvalue weighted by Crippen LogP contribution is 2.24. The van der Waals surface area contributed by atoms with Crippen LogP contribution in [0.1, 0.15) is 31.9 Å². The summed E-state index contributed by atoms with van der Waals surface area (Å²) >= 11 is 6.24. The van der Waals surface area contributed by atoms with Crippen LogP contribution in [-0.4, -0.2) is 56.6 Å². The number of hydrogen-bond acceptors (Lipinski definition) is 5. The van der Waals surface area contributed by atoms with Gasteiger partial charge in [0.05, 0.1) is 19.1 Å². The average molecular weight is 586 g/mol. The summed E-state index contributed by atoms with van der Waals surface area (Å²) in [6, 6.07) is 21.9. The van der Waals surface area contributed by atoms with Crippen molar-refractivity contribution in [3.63, 3.8) is 0 Å². The number of halogens is 1. The maximum atomic E-state index is 14.1. The maximum Gasteiger partial charge on any atom is 0.244 e. The zero-order valence-corrected chi connectivity index (χ0v) is 25.0. The number of benzene rings is 3. The smallest absolute Gasteiger partial charge is 0.244 e. The van der Waals surface area contributed by atoms with E-state index < -0.39 is 34.1 Å². The fourth-order valence-electron chi connectivity index (χ4n) is 4.22. The van der Waals surface area contributed by atoms with E-state index in [4.69, 9.17) is 16.3 Å². The number of amides is 2. The fourth-order valence-corrected chi connectivity index (χ4v) is 5.27. The van der Waals surface area contributed by atoms with Crippen molar-refractivity contribution in [2.45, 2.75) is 45.3 Å². The highest BCUT2D eigenvalue weighted by Gasteiger charge is 2.34. The number of hydrogen-bond donors (Lipinski definition) is 1. The molecule has 0 heterocycles. The molecule has 0 saturated carbocycles. The highest BCUT2D eigenvalue weighted by molar-refractivity contribution is 7.92. The first-order valence-corrected chi connectivity index (χ1v) is 15.0. The van der Waals surface area contributed by atoms with Gasteiger partial charge in [0, 0.05) is 29.6 Å². The van der Waals surface area contributed by atoms with Crippen molar-refractivity contribution in [3.8, 4) is 5.75 Å². The Morgan fingerprint density at radius 1 is 0.950 bits per heavy atom. The van der Waals surface area contributed by atoms with E-state index in [2.05, 4.69) is 5.32 Å². The Bertz CT molecular complexity index is 1420. The van der Waals surface area contributed by atoms with Gasteiger partial charge in [-0.3, -0.25) is 13.9 Å². The van der Waals surface area contributed by atoms with Crippen LogP contribution < -0.4 is 14.4 Å². The van der Waals surface area contributed by atoms with Gasteiger partial charge in [-0.15, -0.1) is 0 Å². The second-order valence-electron chi connectivity index (χ2n) is 10.6. The van der Waals surface area contributed by atoms with E-state index in [-0.39, 0.29) is 24.6 Å². The minimum Gasteiger partial charge on any atom is -0.497 e. The molecular formula is C30H36ClN3O5S. The molecule has 0 saturated heterocycles. The minimum atomic E-state index is -3.88. The third kappa shape index (κ3) is 8.99. The molecule has 0 spiro atoms. The molecule has 10 heteroatoms. The van der Waals surface area contributed by atoms with Gasteiger partial charge in [-0.25, -0.2) is 8.42 Å². The SMILES string of the molecule is COc1cccc(N(CC(=O)N(Cc2cccc(Cl)c2)[C@H](Cc2ccccc2)C(=O)NC(C)(C)C)S(C)(=O)=O)c1. The van der Waals surface area contributed by atoms with Crippen LogP contribution in [0.3, 0.4) is 0 Å². The van der Waals surface area contributed by atoms with Gasteiger partial charge in [-0.05, 0) is 56.2 Å². The molecule has 1 N–H and O–H groups in total. The molecule has 2 amide bonds. The molecule has 0 unspecified atom stereocenters. The van der Waals surface area contributed by atoms with Crippen LogP contribution in [0.4, 0.5) is 5.69 Å². The summed E-state index contributed by atoms with van der Waals surface area (Å²) < 4.78 is 32.1. The van der Waals surface area contributed by atoms with Crippen molar-refractivity contribution in [1.82, 2.24) is 10.2 Å². The lowest BCUT2D eigenvalue weighted by atomic mass is 10.0. The summed E-state index contributed by atoms with van der Waals surface area (Å²) in [7, 11) is -2.40. The summed E-state index contributed by atoms with van der Waals surface area (Å²) in [4.78, 5) is 29.2. The van der Waals surface area contributed by atoms with Crippen LogP contribution in [0.15, 0.2) is 78.9 Å². The summed E-state index contributed by atoms with van der Waals surface area (Å²) in [5.74, 6) is -0.446. The van der Waals surface area contributed by atoms with E-state index in [1.807, 2.05) is 57.2 Å². The van der Waals surface area contributed by atoms with Crippen molar-refractivity contribution in [2.24, 2.45) is 0 Å². The maximum absolute atomic E-state index is 14.1. The number of ether oxygens (including phenoxy) is 1. The Balaban J connectivity index is 2.08. The quantitative estimate of drug-likeness (QED) is 0.353. The van der Waals surface area contributed by atoms with Crippen LogP contribution in [-0.2, 0) is 32.6 Å². The molecule has 3 aromatic carbocycles. The van der Waals surface area contributed by atoms with Crippen LogP contribution in [0.25, 0.3) is 0 Å². The Labute approximate surface area is 241 Å². The molecule has 40 heavy (non-hydrogen) atoms. The third-order valence-electron chi connectivity index (χ3n) is 6.03. The minimum absolute atomic E-state index is 0.0458. The van der Waals surface area contributed by atoms with Gasteiger partial charge in [0.25, 0.3) is 0 Å². The predicted octanol–water partition coefficient (Wildman–Crippen LogP) is 4.67. The Morgan fingerprint density at radius 2 is 1.60 bits per heavy atom. The van der Waals surface area contributed by atoms with Crippen LogP contribution >= 0.6 is 11.6 Å². The van der Waals surface area contributed by atoms with E-state index in [0.717, 1.165) is 16.1 Å². The predicted molar refractivity (Wildman–Crippen MR) is 159 cm³/mol. The van der Waals surface area contributed by atoms with Gasteiger partial charge >= 0.3 is 0 Å². The monoisotopic (exact) mass is 585 g/mol. The van der Waals surface area contributed by atoms with Gasteiger partial charge in [-0.1, -0.05) is 60.1 Å². The Kier molecular flexibility index (Phi) is 10.2. The van der Waals surface area contributed by atoms with E-state index in [9.17, 15) is 18.0 Å². The second-order valence-corrected chi connectivity index (χ2v) is 12.9. The Morgan fingerprint density at radius 3 is 2.20 bits per heavy atom. The number of carbonyl (C=O) groups excluding carboxylic acids is 2. The largest absolute Gasteiger partial charge is 0.497 e. The number of nitrogens with one attached hydrogen (secondary N) is 1. The summed E-state index contributed by atoms with van der Waals surface area (Å²) in [5.41, 5.74) is 1.27. The van der Waals surface area contributed by atoms with Gasteiger partial charge in [0.15, 0.2) is 0 Å². The first-order chi connectivity index (χ1) is 18.8. The first-order valence-electron chi connectivity index (χ1n) is 12.8. The van der Waals surface area contributed by atoms with Crippen LogP contribution in [0.5, 0.6) is 5.75 Å². The standard InChI is InChI=1S/C30H36ClN3O5S/c1-30(2,3)32-29(36)27(18-22-11-7-6-8-12-22)33(20-23-13-9-14-24(31)17-23)28(35)21-34(40(5,37)38)25-15-10-16-26(19-25)39-4/h6-17,19,27H,18,20-21H2,1-5H3,(H,32,36)/t27-/m1/s1. The molecule has 3 rings (SSSR count). The molecule has 0 aliphatic rings. The van der Waals surface area contributed by atoms with E-state index in [0.29, 0.717) is 16.3 Å². The van der Waals surface area contributed by atoms with Gasteiger partial charge < -0.3 is 15.0 Å². The number of nitrogens with zero attached hydrogens (tertiary/aromatic N) is 2. The first kappa shape index (κ1) is 31.0. The zero-order chi connectivity index (χ0) is 29.5. The highest BCUT2D eigenvalue weighted by atomic mass is 35.5. The van der Waals surface area contributed by atoms with Crippen molar-refractivity contribution >= 4 is 39.1 Å².